The number of alkyl halides is 6. The van der Waals surface area contributed by atoms with Crippen molar-refractivity contribution in [2.45, 2.75) is 70.3 Å². The Morgan fingerprint density at radius 1 is 0.881 bits per heavy atom. The summed E-state index contributed by atoms with van der Waals surface area (Å²) in [5.74, 6) is 2.55. The average molecular weight is 592 g/mol. The summed E-state index contributed by atoms with van der Waals surface area (Å²) in [4.78, 5) is 16.0. The molecule has 0 aliphatic heterocycles. The van der Waals surface area contributed by atoms with E-state index >= 15 is 0 Å². The monoisotopic (exact) mass is 591 g/mol. The van der Waals surface area contributed by atoms with Crippen LogP contribution in [0.1, 0.15) is 60.1 Å². The number of rotatable bonds is 7. The Morgan fingerprint density at radius 2 is 1.45 bits per heavy atom. The van der Waals surface area contributed by atoms with Crippen LogP contribution in [0.4, 0.5) is 26.3 Å². The Morgan fingerprint density at radius 3 is 1.95 bits per heavy atom. The molecule has 4 nitrogen and oxygen atoms in total. The van der Waals surface area contributed by atoms with Gasteiger partial charge in [0.15, 0.2) is 0 Å². The van der Waals surface area contributed by atoms with E-state index in [4.69, 9.17) is 4.74 Å². The molecule has 1 aromatic heterocycles. The Labute approximate surface area is 240 Å². The summed E-state index contributed by atoms with van der Waals surface area (Å²) in [5.41, 5.74) is -0.120. The van der Waals surface area contributed by atoms with Crippen LogP contribution in [-0.2, 0) is 21.4 Å². The van der Waals surface area contributed by atoms with Crippen molar-refractivity contribution >= 4 is 5.97 Å². The van der Waals surface area contributed by atoms with Gasteiger partial charge in [0.2, 0.25) is 0 Å². The molecule has 3 rings (SSSR count). The molecule has 0 unspecified atom stereocenters. The summed E-state index contributed by atoms with van der Waals surface area (Å²) in [6.45, 7) is 7.51. The van der Waals surface area contributed by atoms with Gasteiger partial charge in [-0.3, -0.25) is 9.78 Å². The van der Waals surface area contributed by atoms with Crippen LogP contribution in [0.3, 0.4) is 0 Å². The smallest absolute Gasteiger partial charge is 0.438 e. The van der Waals surface area contributed by atoms with Gasteiger partial charge in [-0.05, 0) is 78.1 Å². The second kappa shape index (κ2) is 12.2. The second-order valence-corrected chi connectivity index (χ2v) is 10.1. The molecule has 0 saturated carbocycles. The lowest BCUT2D eigenvalue weighted by Crippen LogP contribution is -2.55. The molecule has 0 bridgehead atoms. The maximum absolute atomic E-state index is 13.1. The van der Waals surface area contributed by atoms with Crippen LogP contribution < -0.4 is 0 Å². The Kier molecular flexibility index (Phi) is 9.47. The van der Waals surface area contributed by atoms with Crippen molar-refractivity contribution in [2.24, 2.45) is 0 Å². The van der Waals surface area contributed by atoms with Gasteiger partial charge >= 0.3 is 23.9 Å². The predicted molar refractivity (Wildman–Crippen MR) is 147 cm³/mol. The summed E-state index contributed by atoms with van der Waals surface area (Å²) in [7, 11) is 1.32. The maximum Gasteiger partial charge on any atom is 0.438 e. The fourth-order valence-electron chi connectivity index (χ4n) is 5.05. The molecule has 1 heterocycles. The normalized spacial score (nSPS) is 12.5. The number of carbonyl (C=O) groups is 1. The van der Waals surface area contributed by atoms with Gasteiger partial charge in [-0.15, -0.1) is 0 Å². The van der Waals surface area contributed by atoms with E-state index in [9.17, 15) is 36.2 Å². The number of aliphatic hydroxyl groups is 1. The van der Waals surface area contributed by atoms with Gasteiger partial charge in [0.25, 0.3) is 0 Å². The number of esters is 1. The Hall–Kier alpha value is -3.84. The summed E-state index contributed by atoms with van der Waals surface area (Å²) in [6, 6.07) is 12.6. The van der Waals surface area contributed by atoms with Crippen molar-refractivity contribution in [1.82, 2.24) is 4.98 Å². The van der Waals surface area contributed by atoms with Crippen LogP contribution in [0.15, 0.2) is 54.9 Å². The first-order chi connectivity index (χ1) is 19.5. The Balaban J connectivity index is 2.03. The van der Waals surface area contributed by atoms with Crippen molar-refractivity contribution in [1.29, 1.82) is 0 Å². The first-order valence-electron chi connectivity index (χ1n) is 13.1. The summed E-state index contributed by atoms with van der Waals surface area (Å²) >= 11 is 0. The molecule has 0 saturated heterocycles. The fraction of sp³-hybridized carbons (Fsp3) is 0.375. The number of benzene rings is 2. The number of halogens is 6. The third-order valence-corrected chi connectivity index (χ3v) is 7.65. The molecule has 0 atom stereocenters. The molecule has 0 aliphatic carbocycles. The minimum absolute atomic E-state index is 0.0577. The number of aryl methyl sites for hydroxylation is 2. The van der Waals surface area contributed by atoms with E-state index in [-0.39, 0.29) is 18.0 Å². The van der Waals surface area contributed by atoms with E-state index in [0.29, 0.717) is 24.0 Å². The molecule has 0 fully saturated rings. The minimum atomic E-state index is -6.02. The third-order valence-electron chi connectivity index (χ3n) is 7.65. The SMILES string of the molecule is CCC(CC)(c1ccc(C#CC(O)(C(F)(F)F)C(F)(F)F)c(C)c1)c1ccc(-c2cncc(CC(=O)OC)c2)c(C)c1. The number of pyridine rings is 1. The van der Waals surface area contributed by atoms with Crippen molar-refractivity contribution in [3.63, 3.8) is 0 Å². The summed E-state index contributed by atoms with van der Waals surface area (Å²) in [5, 5.41) is 9.39. The lowest BCUT2D eigenvalue weighted by atomic mass is 9.69. The zero-order valence-corrected chi connectivity index (χ0v) is 23.8. The molecule has 1 N–H and O–H groups in total. The van der Waals surface area contributed by atoms with Crippen LogP contribution in [0.25, 0.3) is 11.1 Å². The van der Waals surface area contributed by atoms with Crippen molar-refractivity contribution in [3.05, 3.63) is 88.2 Å². The molecule has 0 aliphatic rings. The molecule has 2 aromatic carbocycles. The van der Waals surface area contributed by atoms with Crippen molar-refractivity contribution < 1.29 is 41.0 Å². The van der Waals surface area contributed by atoms with Crippen LogP contribution in [0.5, 0.6) is 0 Å². The van der Waals surface area contributed by atoms with Gasteiger partial charge in [0, 0.05) is 28.9 Å². The molecule has 42 heavy (non-hydrogen) atoms. The van der Waals surface area contributed by atoms with Gasteiger partial charge in [-0.2, -0.15) is 26.3 Å². The van der Waals surface area contributed by atoms with E-state index in [2.05, 4.69) is 4.98 Å². The van der Waals surface area contributed by atoms with Gasteiger partial charge in [-0.1, -0.05) is 50.1 Å². The van der Waals surface area contributed by atoms with E-state index in [1.165, 1.54) is 13.2 Å². The molecule has 0 spiro atoms. The predicted octanol–water partition coefficient (Wildman–Crippen LogP) is 7.39. The number of hydrogen-bond donors (Lipinski definition) is 1. The lowest BCUT2D eigenvalue weighted by Gasteiger charge is -2.34. The molecule has 0 amide bonds. The van der Waals surface area contributed by atoms with Gasteiger partial charge in [0.05, 0.1) is 13.5 Å². The quantitative estimate of drug-likeness (QED) is 0.177. The number of nitrogens with zero attached hydrogens (tertiary/aromatic N) is 1. The first kappa shape index (κ1) is 32.7. The summed E-state index contributed by atoms with van der Waals surface area (Å²) < 4.78 is 83.1. The van der Waals surface area contributed by atoms with E-state index in [1.54, 1.807) is 31.5 Å². The zero-order chi connectivity index (χ0) is 31.5. The lowest BCUT2D eigenvalue weighted by molar-refractivity contribution is -0.343. The zero-order valence-electron chi connectivity index (χ0n) is 23.8. The Bertz CT molecular complexity index is 1500. The van der Waals surface area contributed by atoms with Gasteiger partial charge in [-0.25, -0.2) is 0 Å². The minimum Gasteiger partial charge on any atom is -0.469 e. The third kappa shape index (κ3) is 6.31. The molecule has 10 heteroatoms. The topological polar surface area (TPSA) is 59.4 Å². The van der Waals surface area contributed by atoms with Gasteiger partial charge < -0.3 is 9.84 Å². The highest BCUT2D eigenvalue weighted by molar-refractivity contribution is 5.74. The highest BCUT2D eigenvalue weighted by atomic mass is 19.4. The number of carbonyl (C=O) groups excluding carboxylic acids is 1. The molecule has 0 radical (unpaired) electrons. The molecule has 224 valence electrons. The van der Waals surface area contributed by atoms with Gasteiger partial charge in [0.1, 0.15) is 0 Å². The van der Waals surface area contributed by atoms with Crippen LogP contribution in [-0.4, -0.2) is 41.1 Å². The van der Waals surface area contributed by atoms with Crippen molar-refractivity contribution in [2.75, 3.05) is 7.11 Å². The van der Waals surface area contributed by atoms with E-state index in [0.717, 1.165) is 33.7 Å². The van der Waals surface area contributed by atoms with E-state index < -0.39 is 23.4 Å². The number of ether oxygens (including phenoxy) is 1. The highest BCUT2D eigenvalue weighted by Crippen LogP contribution is 2.43. The standard InChI is InChI=1S/C32H31F6NO3/c1-6-29(7-2,25-9-8-23(20(3)14-25)12-13-30(41,31(33,34)35)32(36,37)38)26-10-11-27(21(4)15-26)24-16-22(18-39-19-24)17-28(40)42-5/h8-11,14-16,18-19,41H,6-7,17H2,1-5H3. The average Bonchev–Trinajstić information content (AvgIpc) is 2.92. The van der Waals surface area contributed by atoms with E-state index in [1.807, 2.05) is 51.0 Å². The molecule has 3 aromatic rings. The first-order valence-corrected chi connectivity index (χ1v) is 13.1. The molecular formula is C32H31F6NO3. The second-order valence-electron chi connectivity index (χ2n) is 10.1. The van der Waals surface area contributed by atoms with Crippen LogP contribution in [0.2, 0.25) is 0 Å². The number of methoxy groups -OCH3 is 1. The molecular weight excluding hydrogens is 560 g/mol. The number of aromatic nitrogens is 1. The van der Waals surface area contributed by atoms with Crippen LogP contribution >= 0.6 is 0 Å². The largest absolute Gasteiger partial charge is 0.469 e. The highest BCUT2D eigenvalue weighted by Gasteiger charge is 2.70. The van der Waals surface area contributed by atoms with Crippen molar-refractivity contribution in [3.8, 4) is 23.0 Å². The number of hydrogen-bond acceptors (Lipinski definition) is 4. The summed E-state index contributed by atoms with van der Waals surface area (Å²) in [6.07, 6.45) is -7.32. The van der Waals surface area contributed by atoms with Crippen LogP contribution in [0, 0.1) is 25.7 Å². The maximum atomic E-state index is 13.1. The fourth-order valence-corrected chi connectivity index (χ4v) is 5.05.